The summed E-state index contributed by atoms with van der Waals surface area (Å²) in [4.78, 5) is 49.9. The van der Waals surface area contributed by atoms with Crippen LogP contribution in [0.25, 0.3) is 6.08 Å². The first-order valence-corrected chi connectivity index (χ1v) is 16.1. The third-order valence-electron chi connectivity index (χ3n) is 10.8. The minimum absolute atomic E-state index is 0.0291. The van der Waals surface area contributed by atoms with E-state index >= 15 is 0 Å². The number of hydrogen-bond donors (Lipinski definition) is 0. The molecule has 1 aromatic rings. The average molecular weight is 639 g/mol. The standard InChI is InChI=1S/C35H42O11/c1-5-30(37)46-29-13-14-33(3)27(34(29,4)18-41-21(2)36)12-15-35(19-44-35)28(33)10-8-23-26(17-40-32(23)39)45-31(38)11-7-22-6-9-24-25(16-22)43-20-42-24/h6-9,11,16,26-29H,5,10,12-15,17-20H2,1-4H3/b11-7+,23-8+/t26-,27?,28-,29-,33+,34+,35+/m1/s1. The lowest BCUT2D eigenvalue weighted by Crippen LogP contribution is -2.61. The number of esters is 4. The average Bonchev–Trinajstić information content (AvgIpc) is 3.48. The van der Waals surface area contributed by atoms with Crippen LogP contribution in [-0.4, -0.2) is 68.3 Å². The van der Waals surface area contributed by atoms with Gasteiger partial charge in [0.2, 0.25) is 6.79 Å². The monoisotopic (exact) mass is 638 g/mol. The second kappa shape index (κ2) is 12.4. The van der Waals surface area contributed by atoms with Crippen LogP contribution in [0.15, 0.2) is 35.9 Å². The lowest BCUT2D eigenvalue weighted by molar-refractivity contribution is -0.203. The Morgan fingerprint density at radius 3 is 2.57 bits per heavy atom. The first-order valence-electron chi connectivity index (χ1n) is 16.1. The van der Waals surface area contributed by atoms with Crippen molar-refractivity contribution in [2.45, 2.75) is 84.0 Å². The highest BCUT2D eigenvalue weighted by Crippen LogP contribution is 2.66. The Hall–Kier alpha value is -3.86. The maximum absolute atomic E-state index is 12.8. The van der Waals surface area contributed by atoms with Gasteiger partial charge in [0.05, 0.1) is 17.8 Å². The quantitative estimate of drug-likeness (QED) is 0.161. The molecular formula is C35H42O11. The Morgan fingerprint density at radius 1 is 1.04 bits per heavy atom. The molecule has 0 radical (unpaired) electrons. The molecule has 46 heavy (non-hydrogen) atoms. The maximum Gasteiger partial charge on any atom is 0.337 e. The maximum atomic E-state index is 12.8. The van der Waals surface area contributed by atoms with Gasteiger partial charge in [-0.25, -0.2) is 9.59 Å². The zero-order chi connectivity index (χ0) is 32.7. The number of rotatable bonds is 9. The molecular weight excluding hydrogens is 596 g/mol. The van der Waals surface area contributed by atoms with Crippen LogP contribution in [0.4, 0.5) is 0 Å². The predicted molar refractivity (Wildman–Crippen MR) is 162 cm³/mol. The van der Waals surface area contributed by atoms with Crippen LogP contribution in [-0.2, 0) is 42.9 Å². The largest absolute Gasteiger partial charge is 0.465 e. The van der Waals surface area contributed by atoms with Crippen molar-refractivity contribution in [1.29, 1.82) is 0 Å². The van der Waals surface area contributed by atoms with E-state index in [-0.39, 0.29) is 67.3 Å². The molecule has 1 unspecified atom stereocenters. The van der Waals surface area contributed by atoms with Crippen molar-refractivity contribution >= 4 is 30.0 Å². The molecule has 0 amide bonds. The van der Waals surface area contributed by atoms with Crippen LogP contribution in [0.3, 0.4) is 0 Å². The summed E-state index contributed by atoms with van der Waals surface area (Å²) in [6.07, 6.45) is 7.38. The smallest absolute Gasteiger partial charge is 0.337 e. The number of epoxide rings is 1. The van der Waals surface area contributed by atoms with Crippen molar-refractivity contribution in [3.8, 4) is 11.5 Å². The Kier molecular flexibility index (Phi) is 8.65. The van der Waals surface area contributed by atoms with E-state index in [0.717, 1.165) is 24.8 Å². The van der Waals surface area contributed by atoms with Crippen LogP contribution in [0.1, 0.15) is 71.8 Å². The molecule has 2 saturated heterocycles. The van der Waals surface area contributed by atoms with Gasteiger partial charge in [0.1, 0.15) is 19.3 Å². The summed E-state index contributed by atoms with van der Waals surface area (Å²) in [6.45, 7) is 8.36. The van der Waals surface area contributed by atoms with Crippen molar-refractivity contribution in [1.82, 2.24) is 0 Å². The van der Waals surface area contributed by atoms with E-state index in [4.69, 9.17) is 33.2 Å². The van der Waals surface area contributed by atoms with Gasteiger partial charge in [-0.15, -0.1) is 0 Å². The molecule has 6 rings (SSSR count). The molecule has 11 heteroatoms. The van der Waals surface area contributed by atoms with Crippen molar-refractivity contribution < 1.29 is 52.3 Å². The van der Waals surface area contributed by atoms with Crippen LogP contribution in [0.2, 0.25) is 0 Å². The second-order valence-corrected chi connectivity index (χ2v) is 13.5. The van der Waals surface area contributed by atoms with Crippen molar-refractivity contribution in [3.05, 3.63) is 41.5 Å². The van der Waals surface area contributed by atoms with E-state index in [2.05, 4.69) is 13.8 Å². The third-order valence-corrected chi connectivity index (χ3v) is 10.8. The number of benzene rings is 1. The fraction of sp³-hybridized carbons (Fsp3) is 0.600. The number of fused-ring (bicyclic) bond motifs is 2. The molecule has 3 heterocycles. The molecule has 0 N–H and O–H groups in total. The summed E-state index contributed by atoms with van der Waals surface area (Å²) in [6, 6.07) is 5.34. The first kappa shape index (κ1) is 32.1. The number of ether oxygens (including phenoxy) is 7. The molecule has 248 valence electrons. The van der Waals surface area contributed by atoms with Crippen LogP contribution in [0, 0.1) is 22.7 Å². The predicted octanol–water partition coefficient (Wildman–Crippen LogP) is 4.70. The number of hydrogen-bond acceptors (Lipinski definition) is 11. The van der Waals surface area contributed by atoms with Gasteiger partial charge in [-0.3, -0.25) is 9.59 Å². The summed E-state index contributed by atoms with van der Waals surface area (Å²) in [7, 11) is 0. The molecule has 1 spiro atoms. The van der Waals surface area contributed by atoms with Gasteiger partial charge in [-0.05, 0) is 73.1 Å². The minimum Gasteiger partial charge on any atom is -0.465 e. The highest BCUT2D eigenvalue weighted by Gasteiger charge is 2.67. The molecule has 1 aromatic carbocycles. The van der Waals surface area contributed by atoms with Crippen molar-refractivity contribution in [2.75, 3.05) is 26.6 Å². The van der Waals surface area contributed by atoms with E-state index in [1.807, 2.05) is 6.08 Å². The Bertz CT molecular complexity index is 1460. The molecule has 3 aliphatic heterocycles. The number of carbonyl (C=O) groups excluding carboxylic acids is 4. The SMILES string of the molecule is CCC(=O)O[C@@H]1CC[C@@]2(C)C(CC[C@]3(CO3)[C@@H]2C/C=C2/C(=O)OC[C@H]2OC(=O)/C=C/c2ccc3c(c2)OCO3)[C@]1(C)COC(C)=O. The van der Waals surface area contributed by atoms with Gasteiger partial charge < -0.3 is 33.2 Å². The first-order chi connectivity index (χ1) is 22.0. The minimum atomic E-state index is -0.830. The summed E-state index contributed by atoms with van der Waals surface area (Å²) in [5.74, 6) is -0.404. The number of allylic oxidation sites excluding steroid dienone is 1. The van der Waals surface area contributed by atoms with Crippen LogP contribution < -0.4 is 9.47 Å². The zero-order valence-corrected chi connectivity index (χ0v) is 26.8. The summed E-state index contributed by atoms with van der Waals surface area (Å²) >= 11 is 0. The fourth-order valence-electron chi connectivity index (χ4n) is 8.35. The molecule has 5 aliphatic rings. The molecule has 11 nitrogen and oxygen atoms in total. The van der Waals surface area contributed by atoms with Crippen molar-refractivity contribution in [2.24, 2.45) is 22.7 Å². The summed E-state index contributed by atoms with van der Waals surface area (Å²) in [5, 5.41) is 0. The van der Waals surface area contributed by atoms with E-state index in [0.29, 0.717) is 36.5 Å². The van der Waals surface area contributed by atoms with E-state index in [1.165, 1.54) is 13.0 Å². The molecule has 2 saturated carbocycles. The highest BCUT2D eigenvalue weighted by molar-refractivity contribution is 5.93. The van der Waals surface area contributed by atoms with Gasteiger partial charge in [-0.2, -0.15) is 0 Å². The van der Waals surface area contributed by atoms with E-state index < -0.39 is 23.5 Å². The summed E-state index contributed by atoms with van der Waals surface area (Å²) in [5.41, 5.74) is -0.123. The van der Waals surface area contributed by atoms with Crippen molar-refractivity contribution in [3.63, 3.8) is 0 Å². The van der Waals surface area contributed by atoms with Gasteiger partial charge in [0.15, 0.2) is 17.6 Å². The normalized spacial score (nSPS) is 35.1. The van der Waals surface area contributed by atoms with Gasteiger partial charge in [-0.1, -0.05) is 32.9 Å². The second-order valence-electron chi connectivity index (χ2n) is 13.5. The molecule has 2 aliphatic carbocycles. The number of cyclic esters (lactones) is 1. The molecule has 4 fully saturated rings. The lowest BCUT2D eigenvalue weighted by atomic mass is 9.45. The molecule has 0 bridgehead atoms. The van der Waals surface area contributed by atoms with Gasteiger partial charge in [0.25, 0.3) is 0 Å². The lowest BCUT2D eigenvalue weighted by Gasteiger charge is -2.61. The van der Waals surface area contributed by atoms with E-state index in [1.54, 1.807) is 31.2 Å². The van der Waals surface area contributed by atoms with Crippen LogP contribution >= 0.6 is 0 Å². The number of carbonyl (C=O) groups is 4. The summed E-state index contributed by atoms with van der Waals surface area (Å²) < 4.78 is 39.4. The van der Waals surface area contributed by atoms with Gasteiger partial charge in [0, 0.05) is 24.8 Å². The van der Waals surface area contributed by atoms with Crippen LogP contribution in [0.5, 0.6) is 11.5 Å². The van der Waals surface area contributed by atoms with E-state index in [9.17, 15) is 19.2 Å². The highest BCUT2D eigenvalue weighted by atomic mass is 16.7. The Labute approximate surface area is 268 Å². The Morgan fingerprint density at radius 2 is 1.83 bits per heavy atom. The molecule has 0 aromatic heterocycles. The third kappa shape index (κ3) is 6.01. The zero-order valence-electron chi connectivity index (χ0n) is 26.8. The molecule has 7 atom stereocenters. The topological polar surface area (TPSA) is 136 Å². The Balaban J connectivity index is 1.19. The fourth-order valence-corrected chi connectivity index (χ4v) is 8.35. The van der Waals surface area contributed by atoms with Gasteiger partial charge >= 0.3 is 23.9 Å².